The van der Waals surface area contributed by atoms with Crippen molar-refractivity contribution in [2.75, 3.05) is 21.3 Å². The fourth-order valence-electron chi connectivity index (χ4n) is 2.37. The Morgan fingerprint density at radius 2 is 1.64 bits per heavy atom. The zero-order chi connectivity index (χ0) is 18.4. The number of nitrogens with zero attached hydrogens (tertiary/aromatic N) is 2. The summed E-state index contributed by atoms with van der Waals surface area (Å²) in [6, 6.07) is 3.35. The minimum atomic E-state index is -0.271. The van der Waals surface area contributed by atoms with E-state index in [1.807, 2.05) is 26.0 Å². The van der Waals surface area contributed by atoms with Crippen LogP contribution in [0.1, 0.15) is 41.6 Å². The molecule has 2 aromatic rings. The van der Waals surface area contributed by atoms with Gasteiger partial charge in [0.1, 0.15) is 5.82 Å². The first-order valence-electron chi connectivity index (χ1n) is 7.95. The summed E-state index contributed by atoms with van der Waals surface area (Å²) in [6.45, 7) is 3.83. The number of hydrogen-bond donors (Lipinski definition) is 1. The predicted octanol–water partition coefficient (Wildman–Crippen LogP) is 2.56. The quantitative estimate of drug-likeness (QED) is 0.830. The number of hydrogen-bond acceptors (Lipinski definition) is 6. The highest BCUT2D eigenvalue weighted by Gasteiger charge is 2.18. The molecule has 0 saturated carbocycles. The molecule has 1 heterocycles. The van der Waals surface area contributed by atoms with Crippen LogP contribution in [0, 0.1) is 0 Å². The van der Waals surface area contributed by atoms with E-state index in [1.54, 1.807) is 21.3 Å². The number of carbonyl (C=O) groups is 1. The van der Waals surface area contributed by atoms with Crippen LogP contribution >= 0.6 is 0 Å². The first kappa shape index (κ1) is 18.5. The minimum absolute atomic E-state index is 0.246. The van der Waals surface area contributed by atoms with Crippen LogP contribution in [0.15, 0.2) is 24.5 Å². The van der Waals surface area contributed by atoms with Crippen molar-refractivity contribution < 1.29 is 19.0 Å². The summed E-state index contributed by atoms with van der Waals surface area (Å²) < 4.78 is 16.0. The molecule has 1 aromatic carbocycles. The summed E-state index contributed by atoms with van der Waals surface area (Å²) in [4.78, 5) is 20.7. The second kappa shape index (κ2) is 8.32. The molecule has 0 aliphatic rings. The summed E-state index contributed by atoms with van der Waals surface area (Å²) in [5, 5.41) is 2.92. The van der Waals surface area contributed by atoms with Gasteiger partial charge in [0.25, 0.3) is 5.91 Å². The van der Waals surface area contributed by atoms with E-state index in [1.165, 1.54) is 12.4 Å². The van der Waals surface area contributed by atoms with E-state index in [2.05, 4.69) is 15.3 Å². The Hall–Kier alpha value is -2.83. The van der Waals surface area contributed by atoms with Gasteiger partial charge in [0, 0.05) is 18.8 Å². The normalized spacial score (nSPS) is 11.6. The van der Waals surface area contributed by atoms with Gasteiger partial charge in [0.05, 0.1) is 32.9 Å². The lowest BCUT2D eigenvalue weighted by atomic mass is 10.1. The van der Waals surface area contributed by atoms with Crippen molar-refractivity contribution in [1.29, 1.82) is 0 Å². The van der Waals surface area contributed by atoms with Gasteiger partial charge in [-0.2, -0.15) is 0 Å². The molecule has 2 rings (SSSR count). The van der Waals surface area contributed by atoms with E-state index in [9.17, 15) is 4.79 Å². The molecule has 134 valence electrons. The van der Waals surface area contributed by atoms with Crippen molar-refractivity contribution in [1.82, 2.24) is 15.3 Å². The molecule has 0 aliphatic heterocycles. The third kappa shape index (κ3) is 4.17. The third-order valence-corrected chi connectivity index (χ3v) is 3.82. The number of ether oxygens (including phenoxy) is 3. The molecule has 7 nitrogen and oxygen atoms in total. The lowest BCUT2D eigenvalue weighted by Gasteiger charge is -2.18. The number of aromatic nitrogens is 2. The van der Waals surface area contributed by atoms with Crippen LogP contribution in [-0.2, 0) is 6.42 Å². The smallest absolute Gasteiger partial charge is 0.254 e. The van der Waals surface area contributed by atoms with Gasteiger partial charge in [-0.15, -0.1) is 0 Å². The highest BCUT2D eigenvalue weighted by atomic mass is 16.5. The number of carbonyl (C=O) groups excluding carboxylic acids is 1. The van der Waals surface area contributed by atoms with E-state index in [0.717, 1.165) is 12.0 Å². The zero-order valence-corrected chi connectivity index (χ0v) is 15.1. The molecule has 1 unspecified atom stereocenters. The Labute approximate surface area is 147 Å². The summed E-state index contributed by atoms with van der Waals surface area (Å²) in [5.41, 5.74) is 1.24. The van der Waals surface area contributed by atoms with E-state index in [0.29, 0.717) is 28.6 Å². The Balaban J connectivity index is 2.21. The van der Waals surface area contributed by atoms with Gasteiger partial charge in [-0.05, 0) is 24.6 Å². The molecule has 1 aromatic heterocycles. The van der Waals surface area contributed by atoms with Gasteiger partial charge in [-0.25, -0.2) is 9.97 Å². The summed E-state index contributed by atoms with van der Waals surface area (Å²) in [6.07, 6.45) is 3.79. The topological polar surface area (TPSA) is 82.6 Å². The fraction of sp³-hybridized carbons (Fsp3) is 0.389. The van der Waals surface area contributed by atoms with Crippen LogP contribution < -0.4 is 19.5 Å². The highest BCUT2D eigenvalue weighted by molar-refractivity contribution is 5.93. The molecule has 1 amide bonds. The molecule has 0 saturated heterocycles. The number of nitrogens with one attached hydrogen (secondary N) is 1. The maximum atomic E-state index is 12.4. The van der Waals surface area contributed by atoms with E-state index >= 15 is 0 Å². The van der Waals surface area contributed by atoms with E-state index < -0.39 is 0 Å². The number of methoxy groups -OCH3 is 3. The Bertz CT molecular complexity index is 707. The van der Waals surface area contributed by atoms with Gasteiger partial charge in [0.2, 0.25) is 5.75 Å². The molecule has 7 heteroatoms. The first-order valence-corrected chi connectivity index (χ1v) is 7.95. The Morgan fingerprint density at radius 3 is 2.08 bits per heavy atom. The molecule has 0 radical (unpaired) electrons. The molecular formula is C18H23N3O4. The average Bonchev–Trinajstić information content (AvgIpc) is 2.66. The van der Waals surface area contributed by atoms with Gasteiger partial charge in [-0.3, -0.25) is 4.79 Å². The van der Waals surface area contributed by atoms with Gasteiger partial charge < -0.3 is 19.5 Å². The lowest BCUT2D eigenvalue weighted by Crippen LogP contribution is -2.27. The standard InChI is InChI=1S/C18H23N3O4/c1-6-16-19-9-13(10-20-16)18(22)21-11(2)12-7-14(23-3)17(25-5)15(8-12)24-4/h7-11H,6H2,1-5H3,(H,21,22). The monoisotopic (exact) mass is 345 g/mol. The van der Waals surface area contributed by atoms with Crippen LogP contribution in [0.25, 0.3) is 0 Å². The second-order valence-corrected chi connectivity index (χ2v) is 5.40. The van der Waals surface area contributed by atoms with Crippen molar-refractivity contribution in [3.63, 3.8) is 0 Å². The van der Waals surface area contributed by atoms with Gasteiger partial charge in [-0.1, -0.05) is 6.92 Å². The average molecular weight is 345 g/mol. The maximum Gasteiger partial charge on any atom is 0.254 e. The molecule has 0 aliphatic carbocycles. The maximum absolute atomic E-state index is 12.4. The zero-order valence-electron chi connectivity index (χ0n) is 15.1. The third-order valence-electron chi connectivity index (χ3n) is 3.82. The second-order valence-electron chi connectivity index (χ2n) is 5.40. The van der Waals surface area contributed by atoms with E-state index in [-0.39, 0.29) is 11.9 Å². The van der Waals surface area contributed by atoms with Crippen molar-refractivity contribution >= 4 is 5.91 Å². The van der Waals surface area contributed by atoms with Crippen molar-refractivity contribution in [2.24, 2.45) is 0 Å². The largest absolute Gasteiger partial charge is 0.493 e. The van der Waals surface area contributed by atoms with Crippen LogP contribution in [0.3, 0.4) is 0 Å². The predicted molar refractivity (Wildman–Crippen MR) is 93.4 cm³/mol. The number of rotatable bonds is 7. The number of benzene rings is 1. The Morgan fingerprint density at radius 1 is 1.08 bits per heavy atom. The van der Waals surface area contributed by atoms with Crippen LogP contribution in [0.2, 0.25) is 0 Å². The molecule has 1 N–H and O–H groups in total. The fourth-order valence-corrected chi connectivity index (χ4v) is 2.37. The van der Waals surface area contributed by atoms with Crippen molar-refractivity contribution in [3.8, 4) is 17.2 Å². The summed E-state index contributed by atoms with van der Waals surface area (Å²) >= 11 is 0. The highest BCUT2D eigenvalue weighted by Crippen LogP contribution is 2.39. The van der Waals surface area contributed by atoms with Crippen LogP contribution in [0.4, 0.5) is 0 Å². The number of aryl methyl sites for hydroxylation is 1. The van der Waals surface area contributed by atoms with E-state index in [4.69, 9.17) is 14.2 Å². The molecule has 0 bridgehead atoms. The summed E-state index contributed by atoms with van der Waals surface area (Å²) in [7, 11) is 4.65. The molecular weight excluding hydrogens is 322 g/mol. The minimum Gasteiger partial charge on any atom is -0.493 e. The molecule has 1 atom stereocenters. The van der Waals surface area contributed by atoms with Crippen LogP contribution in [0.5, 0.6) is 17.2 Å². The molecule has 25 heavy (non-hydrogen) atoms. The molecule has 0 spiro atoms. The lowest BCUT2D eigenvalue weighted by molar-refractivity contribution is 0.0939. The van der Waals surface area contributed by atoms with Crippen LogP contribution in [-0.4, -0.2) is 37.2 Å². The SMILES string of the molecule is CCc1ncc(C(=O)NC(C)c2cc(OC)c(OC)c(OC)c2)cn1. The van der Waals surface area contributed by atoms with Gasteiger partial charge >= 0.3 is 0 Å². The first-order chi connectivity index (χ1) is 12.0. The number of amides is 1. The molecule has 0 fully saturated rings. The summed E-state index contributed by atoms with van der Waals surface area (Å²) in [5.74, 6) is 2.04. The Kier molecular flexibility index (Phi) is 6.16. The van der Waals surface area contributed by atoms with Crippen molar-refractivity contribution in [3.05, 3.63) is 41.5 Å². The van der Waals surface area contributed by atoms with Crippen molar-refractivity contribution in [2.45, 2.75) is 26.3 Å². The van der Waals surface area contributed by atoms with Gasteiger partial charge in [0.15, 0.2) is 11.5 Å².